The molecule has 0 bridgehead atoms. The zero-order chi connectivity index (χ0) is 15.8. The van der Waals surface area contributed by atoms with Crippen LogP contribution in [-0.2, 0) is 17.6 Å². The first-order chi connectivity index (χ1) is 10.7. The summed E-state index contributed by atoms with van der Waals surface area (Å²) >= 11 is 1.44. The molecule has 6 heteroatoms. The van der Waals surface area contributed by atoms with E-state index in [0.717, 1.165) is 29.2 Å². The van der Waals surface area contributed by atoms with E-state index in [-0.39, 0.29) is 5.91 Å². The summed E-state index contributed by atoms with van der Waals surface area (Å²) in [6.45, 7) is 4.66. The van der Waals surface area contributed by atoms with Gasteiger partial charge < -0.3 is 10.1 Å². The van der Waals surface area contributed by atoms with Gasteiger partial charge in [-0.3, -0.25) is 4.79 Å². The third-order valence-electron chi connectivity index (χ3n) is 3.07. The lowest BCUT2D eigenvalue weighted by Gasteiger charge is -2.09. The standard InChI is InChI=1S/C16H21N3O2S/c1-3-7-15-18-19-16(22-15)17-14(20)11-10-12-8-5-6-9-13(12)21-4-2/h5-6,8-9H,3-4,7,10-11H2,1-2H3,(H,17,19,20). The number of nitrogens with zero attached hydrogens (tertiary/aromatic N) is 2. The molecule has 118 valence electrons. The van der Waals surface area contributed by atoms with E-state index in [1.165, 1.54) is 11.3 Å². The average molecular weight is 319 g/mol. The molecule has 0 aliphatic carbocycles. The Hall–Kier alpha value is -1.95. The van der Waals surface area contributed by atoms with Crippen molar-refractivity contribution in [1.82, 2.24) is 10.2 Å². The number of benzene rings is 1. The lowest BCUT2D eigenvalue weighted by atomic mass is 10.1. The van der Waals surface area contributed by atoms with Crippen LogP contribution in [0.25, 0.3) is 0 Å². The van der Waals surface area contributed by atoms with E-state index in [4.69, 9.17) is 4.74 Å². The molecule has 2 rings (SSSR count). The Bertz CT molecular complexity index is 613. The molecule has 1 amide bonds. The van der Waals surface area contributed by atoms with Gasteiger partial charge in [0.2, 0.25) is 11.0 Å². The Morgan fingerprint density at radius 3 is 2.82 bits per heavy atom. The first kappa shape index (κ1) is 16.4. The molecular formula is C16H21N3O2S. The van der Waals surface area contributed by atoms with Crippen LogP contribution in [0, 0.1) is 0 Å². The second-order valence-corrected chi connectivity index (χ2v) is 5.90. The number of hydrogen-bond acceptors (Lipinski definition) is 5. The molecule has 1 aromatic carbocycles. The summed E-state index contributed by atoms with van der Waals surface area (Å²) in [7, 11) is 0. The minimum absolute atomic E-state index is 0.0505. The van der Waals surface area contributed by atoms with E-state index in [9.17, 15) is 4.79 Å². The van der Waals surface area contributed by atoms with Crippen molar-refractivity contribution in [3.8, 4) is 5.75 Å². The van der Waals surface area contributed by atoms with Crippen molar-refractivity contribution in [2.24, 2.45) is 0 Å². The first-order valence-corrected chi connectivity index (χ1v) is 8.37. The van der Waals surface area contributed by atoms with E-state index in [1.54, 1.807) is 0 Å². The predicted octanol–water partition coefficient (Wildman–Crippen LogP) is 3.46. The summed E-state index contributed by atoms with van der Waals surface area (Å²) < 4.78 is 5.57. The number of rotatable bonds is 8. The van der Waals surface area contributed by atoms with Gasteiger partial charge in [0.05, 0.1) is 6.61 Å². The Morgan fingerprint density at radius 2 is 2.05 bits per heavy atom. The molecule has 0 aliphatic heterocycles. The molecule has 0 aliphatic rings. The number of hydrogen-bond donors (Lipinski definition) is 1. The van der Waals surface area contributed by atoms with Gasteiger partial charge in [-0.25, -0.2) is 0 Å². The predicted molar refractivity (Wildman–Crippen MR) is 88.5 cm³/mol. The smallest absolute Gasteiger partial charge is 0.226 e. The second-order valence-electron chi connectivity index (χ2n) is 4.84. The van der Waals surface area contributed by atoms with Crippen LogP contribution < -0.4 is 10.1 Å². The zero-order valence-electron chi connectivity index (χ0n) is 13.0. The molecule has 0 fully saturated rings. The van der Waals surface area contributed by atoms with Crippen molar-refractivity contribution in [2.45, 2.75) is 39.5 Å². The van der Waals surface area contributed by atoms with Crippen LogP contribution in [0.4, 0.5) is 5.13 Å². The molecule has 0 unspecified atom stereocenters. The van der Waals surface area contributed by atoms with Gasteiger partial charge in [-0.1, -0.05) is 36.5 Å². The molecule has 1 heterocycles. The number of anilines is 1. The maximum atomic E-state index is 12.0. The number of ether oxygens (including phenoxy) is 1. The SMILES string of the molecule is CCCc1nnc(NC(=O)CCc2ccccc2OCC)s1. The van der Waals surface area contributed by atoms with E-state index in [0.29, 0.717) is 24.6 Å². The molecule has 1 aromatic heterocycles. The molecular weight excluding hydrogens is 298 g/mol. The topological polar surface area (TPSA) is 64.1 Å². The monoisotopic (exact) mass is 319 g/mol. The molecule has 2 aromatic rings. The van der Waals surface area contributed by atoms with E-state index >= 15 is 0 Å². The molecule has 0 spiro atoms. The van der Waals surface area contributed by atoms with Crippen molar-refractivity contribution >= 4 is 22.4 Å². The highest BCUT2D eigenvalue weighted by molar-refractivity contribution is 7.15. The number of aromatic nitrogens is 2. The summed E-state index contributed by atoms with van der Waals surface area (Å²) in [5, 5.41) is 12.4. The quantitative estimate of drug-likeness (QED) is 0.809. The molecule has 1 N–H and O–H groups in total. The van der Waals surface area contributed by atoms with Gasteiger partial charge in [0.15, 0.2) is 0 Å². The summed E-state index contributed by atoms with van der Waals surface area (Å²) in [4.78, 5) is 12.0. The number of carbonyl (C=O) groups is 1. The van der Waals surface area contributed by atoms with E-state index < -0.39 is 0 Å². The van der Waals surface area contributed by atoms with Gasteiger partial charge in [-0.05, 0) is 31.4 Å². The van der Waals surface area contributed by atoms with Gasteiger partial charge in [0.25, 0.3) is 0 Å². The lowest BCUT2D eigenvalue weighted by molar-refractivity contribution is -0.116. The van der Waals surface area contributed by atoms with Crippen LogP contribution >= 0.6 is 11.3 Å². The van der Waals surface area contributed by atoms with Crippen molar-refractivity contribution in [3.63, 3.8) is 0 Å². The highest BCUT2D eigenvalue weighted by atomic mass is 32.1. The van der Waals surface area contributed by atoms with Gasteiger partial charge in [-0.2, -0.15) is 0 Å². The van der Waals surface area contributed by atoms with E-state index in [2.05, 4.69) is 22.4 Å². The number of carbonyl (C=O) groups excluding carboxylic acids is 1. The molecule has 0 saturated carbocycles. The fraction of sp³-hybridized carbons (Fsp3) is 0.438. The summed E-state index contributed by atoms with van der Waals surface area (Å²) in [6.07, 6.45) is 2.96. The lowest BCUT2D eigenvalue weighted by Crippen LogP contribution is -2.12. The first-order valence-electron chi connectivity index (χ1n) is 7.55. The average Bonchev–Trinajstić information content (AvgIpc) is 2.94. The van der Waals surface area contributed by atoms with Crippen LogP contribution in [-0.4, -0.2) is 22.7 Å². The molecule has 0 saturated heterocycles. The molecule has 0 radical (unpaired) electrons. The minimum Gasteiger partial charge on any atom is -0.494 e. The van der Waals surface area contributed by atoms with Crippen molar-refractivity contribution in [1.29, 1.82) is 0 Å². The summed E-state index contributed by atoms with van der Waals surface area (Å²) in [6, 6.07) is 7.81. The van der Waals surface area contributed by atoms with Crippen LogP contribution in [0.15, 0.2) is 24.3 Å². The van der Waals surface area contributed by atoms with E-state index in [1.807, 2.05) is 31.2 Å². The zero-order valence-corrected chi connectivity index (χ0v) is 13.8. The van der Waals surface area contributed by atoms with Crippen molar-refractivity contribution < 1.29 is 9.53 Å². The summed E-state index contributed by atoms with van der Waals surface area (Å²) in [5.74, 6) is 0.796. The van der Waals surface area contributed by atoms with Gasteiger partial charge in [0.1, 0.15) is 10.8 Å². The third-order valence-corrected chi connectivity index (χ3v) is 3.97. The number of nitrogens with one attached hydrogen (secondary N) is 1. The fourth-order valence-electron chi connectivity index (χ4n) is 2.06. The Morgan fingerprint density at radius 1 is 1.23 bits per heavy atom. The third kappa shape index (κ3) is 4.80. The Kier molecular flexibility index (Phi) is 6.33. The van der Waals surface area contributed by atoms with Gasteiger partial charge in [-0.15, -0.1) is 10.2 Å². The summed E-state index contributed by atoms with van der Waals surface area (Å²) in [5.41, 5.74) is 1.04. The number of para-hydroxylation sites is 1. The largest absolute Gasteiger partial charge is 0.494 e. The Balaban J connectivity index is 1.87. The van der Waals surface area contributed by atoms with Crippen molar-refractivity contribution in [3.05, 3.63) is 34.8 Å². The highest BCUT2D eigenvalue weighted by Gasteiger charge is 2.10. The number of aryl methyl sites for hydroxylation is 2. The fourth-order valence-corrected chi connectivity index (χ4v) is 2.91. The maximum absolute atomic E-state index is 12.0. The number of amides is 1. The van der Waals surface area contributed by atoms with Gasteiger partial charge in [0, 0.05) is 12.8 Å². The minimum atomic E-state index is -0.0505. The molecule has 22 heavy (non-hydrogen) atoms. The maximum Gasteiger partial charge on any atom is 0.226 e. The van der Waals surface area contributed by atoms with Crippen molar-refractivity contribution in [2.75, 3.05) is 11.9 Å². The van der Waals surface area contributed by atoms with Crippen LogP contribution in [0.5, 0.6) is 5.75 Å². The second kappa shape index (κ2) is 8.48. The molecule has 5 nitrogen and oxygen atoms in total. The van der Waals surface area contributed by atoms with Crippen LogP contribution in [0.3, 0.4) is 0 Å². The van der Waals surface area contributed by atoms with Gasteiger partial charge >= 0.3 is 0 Å². The van der Waals surface area contributed by atoms with Crippen LogP contribution in [0.2, 0.25) is 0 Å². The highest BCUT2D eigenvalue weighted by Crippen LogP contribution is 2.20. The molecule has 0 atom stereocenters. The Labute approximate surface area is 134 Å². The normalized spacial score (nSPS) is 10.5. The van der Waals surface area contributed by atoms with Crippen LogP contribution in [0.1, 0.15) is 37.3 Å².